The number of unbranched alkanes of at least 4 members (excludes halogenated alkanes) is 2. The van der Waals surface area contributed by atoms with Gasteiger partial charge in [-0.15, -0.1) is 0 Å². The Morgan fingerprint density at radius 1 is 1.32 bits per heavy atom. The molecular weight excluding hydrogens is 302 g/mol. The quantitative estimate of drug-likeness (QED) is 0.712. The average Bonchev–Trinajstić information content (AvgIpc) is 2.89. The van der Waals surface area contributed by atoms with Gasteiger partial charge in [-0.1, -0.05) is 31.4 Å². The highest BCUT2D eigenvalue weighted by Crippen LogP contribution is 2.28. The number of aromatic amines is 1. The Balaban J connectivity index is 1.91. The van der Waals surface area contributed by atoms with E-state index in [0.717, 1.165) is 29.6 Å². The zero-order chi connectivity index (χ0) is 15.8. The molecule has 0 aliphatic heterocycles. The van der Waals surface area contributed by atoms with Crippen LogP contribution in [0.1, 0.15) is 31.7 Å². The molecule has 1 N–H and O–H groups in total. The van der Waals surface area contributed by atoms with E-state index in [0.29, 0.717) is 30.5 Å². The van der Waals surface area contributed by atoms with Crippen LogP contribution in [0.3, 0.4) is 0 Å². The lowest BCUT2D eigenvalue weighted by Gasteiger charge is -2.08. The zero-order valence-electron chi connectivity index (χ0n) is 12.7. The lowest BCUT2D eigenvalue weighted by atomic mass is 10.2. The summed E-state index contributed by atoms with van der Waals surface area (Å²) in [5.74, 6) is 0.380. The lowest BCUT2D eigenvalue weighted by molar-refractivity contribution is 0.0960. The first kappa shape index (κ1) is 16.6. The van der Waals surface area contributed by atoms with Crippen LogP contribution in [0.4, 0.5) is 0 Å². The number of fused-ring (bicyclic) bond motifs is 1. The van der Waals surface area contributed by atoms with Crippen LogP contribution in [0.2, 0.25) is 5.02 Å². The third-order valence-corrected chi connectivity index (χ3v) is 3.55. The predicted octanol–water partition coefficient (Wildman–Crippen LogP) is 3.87. The standard InChI is InChI=1S/C16H20ClN3O2/c1-2-3-4-7-21-8-9-22-16-13(17)10-14-15(20-16)12(5-6-18)11-19-14/h10-11,19H,2-5,7-9H2,1H3. The normalized spacial score (nSPS) is 10.8. The van der Waals surface area contributed by atoms with Gasteiger partial charge in [-0.3, -0.25) is 0 Å². The second-order valence-electron chi connectivity index (χ2n) is 4.99. The van der Waals surface area contributed by atoms with Crippen LogP contribution in [0.15, 0.2) is 12.3 Å². The van der Waals surface area contributed by atoms with E-state index >= 15 is 0 Å². The van der Waals surface area contributed by atoms with Crippen molar-refractivity contribution in [3.05, 3.63) is 22.8 Å². The fourth-order valence-corrected chi connectivity index (χ4v) is 2.34. The van der Waals surface area contributed by atoms with Crippen molar-refractivity contribution in [3.8, 4) is 11.9 Å². The molecule has 2 rings (SSSR count). The molecule has 0 saturated heterocycles. The Morgan fingerprint density at radius 2 is 2.18 bits per heavy atom. The summed E-state index contributed by atoms with van der Waals surface area (Å²) in [6.07, 6.45) is 5.51. The van der Waals surface area contributed by atoms with Gasteiger partial charge < -0.3 is 14.5 Å². The number of nitriles is 1. The van der Waals surface area contributed by atoms with Crippen molar-refractivity contribution in [2.45, 2.75) is 32.6 Å². The molecule has 22 heavy (non-hydrogen) atoms. The lowest BCUT2D eigenvalue weighted by Crippen LogP contribution is -2.08. The van der Waals surface area contributed by atoms with Gasteiger partial charge in [0.25, 0.3) is 0 Å². The summed E-state index contributed by atoms with van der Waals surface area (Å²) in [6.45, 7) is 3.83. The van der Waals surface area contributed by atoms with Gasteiger partial charge >= 0.3 is 0 Å². The first-order valence-corrected chi connectivity index (χ1v) is 7.88. The molecule has 0 saturated carbocycles. The molecule has 0 unspecified atom stereocenters. The number of ether oxygens (including phenoxy) is 2. The summed E-state index contributed by atoms with van der Waals surface area (Å²) in [5.41, 5.74) is 2.37. The van der Waals surface area contributed by atoms with Gasteiger partial charge in [0.05, 0.1) is 30.1 Å². The summed E-state index contributed by atoms with van der Waals surface area (Å²) >= 11 is 6.16. The second-order valence-corrected chi connectivity index (χ2v) is 5.40. The maximum atomic E-state index is 8.82. The van der Waals surface area contributed by atoms with Crippen molar-refractivity contribution < 1.29 is 9.47 Å². The van der Waals surface area contributed by atoms with E-state index in [-0.39, 0.29) is 0 Å². The minimum absolute atomic E-state index is 0.300. The van der Waals surface area contributed by atoms with E-state index in [1.54, 1.807) is 12.3 Å². The van der Waals surface area contributed by atoms with E-state index in [2.05, 4.69) is 23.0 Å². The van der Waals surface area contributed by atoms with E-state index in [4.69, 9.17) is 26.3 Å². The third-order valence-electron chi connectivity index (χ3n) is 3.28. The van der Waals surface area contributed by atoms with Crippen LogP contribution in [0.5, 0.6) is 5.88 Å². The molecule has 118 valence electrons. The monoisotopic (exact) mass is 321 g/mol. The number of halogens is 1. The summed E-state index contributed by atoms with van der Waals surface area (Å²) in [5, 5.41) is 9.27. The van der Waals surface area contributed by atoms with Crippen LogP contribution in [-0.4, -0.2) is 29.8 Å². The van der Waals surface area contributed by atoms with Gasteiger partial charge in [-0.05, 0) is 12.5 Å². The molecule has 0 aliphatic rings. The number of nitrogens with one attached hydrogen (secondary N) is 1. The maximum Gasteiger partial charge on any atom is 0.233 e. The van der Waals surface area contributed by atoms with E-state index in [1.165, 1.54) is 12.8 Å². The van der Waals surface area contributed by atoms with Crippen LogP contribution in [-0.2, 0) is 11.2 Å². The zero-order valence-corrected chi connectivity index (χ0v) is 13.4. The Kier molecular flexibility index (Phi) is 6.50. The largest absolute Gasteiger partial charge is 0.474 e. The van der Waals surface area contributed by atoms with Crippen LogP contribution < -0.4 is 4.74 Å². The number of hydrogen-bond acceptors (Lipinski definition) is 4. The molecule has 0 atom stereocenters. The number of pyridine rings is 1. The topological polar surface area (TPSA) is 70.9 Å². The summed E-state index contributed by atoms with van der Waals surface area (Å²) in [7, 11) is 0. The fourth-order valence-electron chi connectivity index (χ4n) is 2.13. The molecule has 0 aliphatic carbocycles. The van der Waals surface area contributed by atoms with E-state index < -0.39 is 0 Å². The highest BCUT2D eigenvalue weighted by Gasteiger charge is 2.11. The number of aromatic nitrogens is 2. The van der Waals surface area contributed by atoms with Crippen LogP contribution in [0.25, 0.3) is 11.0 Å². The molecule has 0 spiro atoms. The van der Waals surface area contributed by atoms with Crippen molar-refractivity contribution in [2.24, 2.45) is 0 Å². The van der Waals surface area contributed by atoms with Gasteiger partial charge in [-0.25, -0.2) is 4.98 Å². The van der Waals surface area contributed by atoms with Gasteiger partial charge in [-0.2, -0.15) is 5.26 Å². The van der Waals surface area contributed by atoms with Crippen molar-refractivity contribution >= 4 is 22.6 Å². The van der Waals surface area contributed by atoms with Gasteiger partial charge in [0, 0.05) is 18.4 Å². The van der Waals surface area contributed by atoms with Gasteiger partial charge in [0.15, 0.2) is 0 Å². The minimum Gasteiger partial charge on any atom is -0.474 e. The Morgan fingerprint density at radius 3 is 2.95 bits per heavy atom. The molecule has 0 amide bonds. The smallest absolute Gasteiger partial charge is 0.233 e. The molecule has 0 radical (unpaired) electrons. The first-order chi connectivity index (χ1) is 10.8. The van der Waals surface area contributed by atoms with Crippen LogP contribution >= 0.6 is 11.6 Å². The number of rotatable bonds is 9. The molecule has 0 aromatic carbocycles. The highest BCUT2D eigenvalue weighted by atomic mass is 35.5. The average molecular weight is 322 g/mol. The summed E-state index contributed by atoms with van der Waals surface area (Å²) in [6, 6.07) is 3.89. The summed E-state index contributed by atoms with van der Waals surface area (Å²) in [4.78, 5) is 7.47. The third kappa shape index (κ3) is 4.36. The SMILES string of the molecule is CCCCCOCCOc1nc2c(CC#N)c[nH]c2cc1Cl. The van der Waals surface area contributed by atoms with Gasteiger partial charge in [0.2, 0.25) is 5.88 Å². The molecule has 2 aromatic heterocycles. The van der Waals surface area contributed by atoms with Crippen molar-refractivity contribution in [3.63, 3.8) is 0 Å². The Hall–Kier alpha value is -1.77. The minimum atomic E-state index is 0.300. The summed E-state index contributed by atoms with van der Waals surface area (Å²) < 4.78 is 11.1. The molecule has 2 heterocycles. The Labute approximate surface area is 135 Å². The Bertz CT molecular complexity index is 649. The highest BCUT2D eigenvalue weighted by molar-refractivity contribution is 6.32. The van der Waals surface area contributed by atoms with Crippen molar-refractivity contribution in [1.29, 1.82) is 5.26 Å². The molecule has 2 aromatic rings. The van der Waals surface area contributed by atoms with Crippen LogP contribution in [0, 0.1) is 11.3 Å². The fraction of sp³-hybridized carbons (Fsp3) is 0.500. The molecule has 5 nitrogen and oxygen atoms in total. The maximum absolute atomic E-state index is 8.82. The van der Waals surface area contributed by atoms with E-state index in [1.807, 2.05) is 0 Å². The number of H-pyrrole nitrogens is 1. The first-order valence-electron chi connectivity index (χ1n) is 7.50. The van der Waals surface area contributed by atoms with Gasteiger partial charge in [0.1, 0.15) is 11.6 Å². The molecule has 0 fully saturated rings. The molecule has 0 bridgehead atoms. The number of nitrogens with zero attached hydrogens (tertiary/aromatic N) is 2. The molecular formula is C16H20ClN3O2. The van der Waals surface area contributed by atoms with Crippen molar-refractivity contribution in [1.82, 2.24) is 9.97 Å². The molecule has 6 heteroatoms. The predicted molar refractivity (Wildman–Crippen MR) is 86.3 cm³/mol. The second kappa shape index (κ2) is 8.62. The number of hydrogen-bond donors (Lipinski definition) is 1. The van der Waals surface area contributed by atoms with Crippen molar-refractivity contribution in [2.75, 3.05) is 19.8 Å². The van der Waals surface area contributed by atoms with E-state index in [9.17, 15) is 0 Å².